The lowest BCUT2D eigenvalue weighted by Crippen LogP contribution is -2.22. The standard InChI is InChI=1S/2C18H22N8/c1-12-11-19-13(2)17-20-15(22-25(12)17)7-8-16-21-18(24-9-3-4-10-24)23-26(16)14-5-6-14;1-12-11-19-13(2)17-20-15(22-25(12)17)7-8-16-21-18(24-9-3-4-10-24)26(23-16)14-5-6-14/h2*7-8,11,14H,3-6,9-10H2,1-2H3/b2*8-7+. The molecule has 52 heavy (non-hydrogen) atoms. The van der Waals surface area contributed by atoms with Crippen molar-refractivity contribution in [3.63, 3.8) is 0 Å². The van der Waals surface area contributed by atoms with Gasteiger partial charge in [-0.25, -0.2) is 28.4 Å². The Morgan fingerprint density at radius 3 is 1.58 bits per heavy atom. The van der Waals surface area contributed by atoms with Crippen molar-refractivity contribution in [1.82, 2.24) is 68.7 Å². The van der Waals surface area contributed by atoms with E-state index in [9.17, 15) is 0 Å². The fraction of sp³-hybridized carbons (Fsp3) is 0.500. The Morgan fingerprint density at radius 1 is 0.538 bits per heavy atom. The van der Waals surface area contributed by atoms with Crippen molar-refractivity contribution < 1.29 is 0 Å². The van der Waals surface area contributed by atoms with Gasteiger partial charge in [-0.15, -0.1) is 20.4 Å². The number of aryl methyl sites for hydroxylation is 4. The van der Waals surface area contributed by atoms with Crippen LogP contribution in [0.1, 0.15) is 110 Å². The van der Waals surface area contributed by atoms with Crippen LogP contribution in [0.4, 0.5) is 11.9 Å². The number of aromatic nitrogens is 14. The van der Waals surface area contributed by atoms with Crippen LogP contribution in [0.15, 0.2) is 12.4 Å². The van der Waals surface area contributed by atoms with Crippen LogP contribution in [0.2, 0.25) is 0 Å². The van der Waals surface area contributed by atoms with E-state index in [-0.39, 0.29) is 0 Å². The second-order valence-corrected chi connectivity index (χ2v) is 14.3. The number of hydrogen-bond donors (Lipinski definition) is 0. The Kier molecular flexibility index (Phi) is 8.23. The first-order chi connectivity index (χ1) is 25.4. The lowest BCUT2D eigenvalue weighted by atomic mass is 10.4. The summed E-state index contributed by atoms with van der Waals surface area (Å²) in [5, 5.41) is 18.6. The summed E-state index contributed by atoms with van der Waals surface area (Å²) in [4.78, 5) is 32.0. The molecule has 0 amide bonds. The van der Waals surface area contributed by atoms with Crippen molar-refractivity contribution in [3.8, 4) is 0 Å². The highest BCUT2D eigenvalue weighted by Crippen LogP contribution is 2.38. The summed E-state index contributed by atoms with van der Waals surface area (Å²) < 4.78 is 7.84. The van der Waals surface area contributed by atoms with Gasteiger partial charge in [-0.3, -0.25) is 9.97 Å². The molecule has 0 atom stereocenters. The van der Waals surface area contributed by atoms with Crippen LogP contribution >= 0.6 is 0 Å². The molecule has 0 radical (unpaired) electrons. The maximum atomic E-state index is 4.77. The van der Waals surface area contributed by atoms with E-state index >= 15 is 0 Å². The van der Waals surface area contributed by atoms with Gasteiger partial charge in [-0.1, -0.05) is 0 Å². The van der Waals surface area contributed by atoms with Crippen molar-refractivity contribution in [2.75, 3.05) is 36.0 Å². The highest BCUT2D eigenvalue weighted by Gasteiger charge is 2.31. The number of nitrogens with zero attached hydrogens (tertiary/aromatic N) is 16. The molecule has 2 saturated carbocycles. The van der Waals surface area contributed by atoms with Crippen LogP contribution < -0.4 is 9.80 Å². The van der Waals surface area contributed by atoms with E-state index in [1.54, 1.807) is 0 Å². The average Bonchev–Trinajstić information content (AvgIpc) is 3.68. The highest BCUT2D eigenvalue weighted by atomic mass is 15.5. The lowest BCUT2D eigenvalue weighted by molar-refractivity contribution is 0.627. The maximum absolute atomic E-state index is 4.77. The van der Waals surface area contributed by atoms with Gasteiger partial charge in [-0.05, 0) is 103 Å². The summed E-state index contributed by atoms with van der Waals surface area (Å²) in [5.41, 5.74) is 5.26. The summed E-state index contributed by atoms with van der Waals surface area (Å²) >= 11 is 0. The highest BCUT2D eigenvalue weighted by molar-refractivity contribution is 5.66. The van der Waals surface area contributed by atoms with Crippen LogP contribution in [0.5, 0.6) is 0 Å². The largest absolute Gasteiger partial charge is 0.341 e. The molecule has 6 aromatic rings. The summed E-state index contributed by atoms with van der Waals surface area (Å²) in [5.74, 6) is 4.80. The number of anilines is 2. The lowest BCUT2D eigenvalue weighted by Gasteiger charge is -2.16. The van der Waals surface area contributed by atoms with Gasteiger partial charge in [0.25, 0.3) is 0 Å². The summed E-state index contributed by atoms with van der Waals surface area (Å²) in [6, 6.07) is 1.01. The second-order valence-electron chi connectivity index (χ2n) is 14.3. The predicted octanol–water partition coefficient (Wildman–Crippen LogP) is 4.88. The molecule has 2 aliphatic carbocycles. The topological polar surface area (TPSA) is 154 Å². The zero-order valence-electron chi connectivity index (χ0n) is 30.3. The molecular weight excluding hydrogens is 657 g/mol. The minimum atomic E-state index is 0.487. The third kappa shape index (κ3) is 6.41. The van der Waals surface area contributed by atoms with E-state index in [0.29, 0.717) is 23.7 Å². The minimum absolute atomic E-state index is 0.487. The van der Waals surface area contributed by atoms with Crippen LogP contribution in [0.3, 0.4) is 0 Å². The predicted molar refractivity (Wildman–Crippen MR) is 198 cm³/mol. The molecule has 268 valence electrons. The normalized spacial score (nSPS) is 17.8. The van der Waals surface area contributed by atoms with Crippen LogP contribution in [0.25, 0.3) is 35.6 Å². The molecule has 0 aromatic carbocycles. The molecule has 10 rings (SSSR count). The van der Waals surface area contributed by atoms with Crippen LogP contribution in [-0.2, 0) is 0 Å². The van der Waals surface area contributed by atoms with E-state index in [1.165, 1.54) is 51.4 Å². The maximum Gasteiger partial charge on any atom is 0.245 e. The first-order valence-electron chi connectivity index (χ1n) is 18.5. The fourth-order valence-corrected chi connectivity index (χ4v) is 6.84. The van der Waals surface area contributed by atoms with Gasteiger partial charge in [0.05, 0.1) is 34.9 Å². The number of fused-ring (bicyclic) bond motifs is 2. The molecule has 16 heteroatoms. The van der Waals surface area contributed by atoms with Crippen molar-refractivity contribution in [2.24, 2.45) is 0 Å². The summed E-state index contributed by atoms with van der Waals surface area (Å²) in [6.07, 6.45) is 21.0. The molecule has 16 nitrogen and oxygen atoms in total. The molecule has 0 unspecified atom stereocenters. The molecule has 4 fully saturated rings. The SMILES string of the molecule is Cc1ncc(C)n2nc(/C=C/c3nc(N4CCCC4)n(C4CC4)n3)nc12.Cc1ncc(C)n2nc(/C=C/c3nc(N4CCCC4)nn3C3CC3)nc12. The number of hydrogen-bond acceptors (Lipinski definition) is 12. The molecule has 2 saturated heterocycles. The van der Waals surface area contributed by atoms with Gasteiger partial charge in [-0.2, -0.15) is 9.97 Å². The Balaban J connectivity index is 0.000000138. The smallest absolute Gasteiger partial charge is 0.245 e. The van der Waals surface area contributed by atoms with Gasteiger partial charge < -0.3 is 9.80 Å². The van der Waals surface area contributed by atoms with Gasteiger partial charge in [0.2, 0.25) is 11.9 Å². The molecule has 8 heterocycles. The zero-order chi connectivity index (χ0) is 35.3. The molecular formula is C36H44N16. The molecule has 2 aliphatic heterocycles. The first-order valence-corrected chi connectivity index (χ1v) is 18.5. The molecule has 0 bridgehead atoms. The minimum Gasteiger partial charge on any atom is -0.341 e. The quantitative estimate of drug-likeness (QED) is 0.213. The van der Waals surface area contributed by atoms with E-state index in [0.717, 1.165) is 83.8 Å². The molecule has 0 N–H and O–H groups in total. The van der Waals surface area contributed by atoms with Crippen molar-refractivity contribution >= 4 is 47.5 Å². The van der Waals surface area contributed by atoms with Crippen LogP contribution in [-0.4, -0.2) is 94.9 Å². The second kappa shape index (κ2) is 13.2. The van der Waals surface area contributed by atoms with Gasteiger partial charge in [0, 0.05) is 38.6 Å². The average molecular weight is 701 g/mol. The Hall–Kier alpha value is -5.54. The van der Waals surface area contributed by atoms with Crippen molar-refractivity contribution in [3.05, 3.63) is 58.5 Å². The third-order valence-electron chi connectivity index (χ3n) is 10.1. The first kappa shape index (κ1) is 32.4. The van der Waals surface area contributed by atoms with E-state index in [1.807, 2.05) is 73.4 Å². The summed E-state index contributed by atoms with van der Waals surface area (Å²) in [7, 11) is 0. The van der Waals surface area contributed by atoms with Crippen LogP contribution in [0, 0.1) is 27.7 Å². The molecule has 4 aliphatic rings. The Bertz CT molecular complexity index is 2220. The molecule has 0 spiro atoms. The van der Waals surface area contributed by atoms with Gasteiger partial charge in [0.15, 0.2) is 34.6 Å². The van der Waals surface area contributed by atoms with Gasteiger partial charge in [0.1, 0.15) is 0 Å². The van der Waals surface area contributed by atoms with Crippen molar-refractivity contribution in [1.29, 1.82) is 0 Å². The Labute approximate surface area is 301 Å². The monoisotopic (exact) mass is 700 g/mol. The third-order valence-corrected chi connectivity index (χ3v) is 10.1. The number of rotatable bonds is 8. The van der Waals surface area contributed by atoms with E-state index < -0.39 is 0 Å². The molecule has 6 aromatic heterocycles. The zero-order valence-corrected chi connectivity index (χ0v) is 30.3. The fourth-order valence-electron chi connectivity index (χ4n) is 6.84. The Morgan fingerprint density at radius 2 is 1.04 bits per heavy atom. The van der Waals surface area contributed by atoms with E-state index in [4.69, 9.17) is 20.2 Å². The summed E-state index contributed by atoms with van der Waals surface area (Å²) in [6.45, 7) is 12.1. The van der Waals surface area contributed by atoms with Gasteiger partial charge >= 0.3 is 0 Å². The van der Waals surface area contributed by atoms with E-state index in [2.05, 4.69) is 49.3 Å². The van der Waals surface area contributed by atoms with Crippen molar-refractivity contribution in [2.45, 2.75) is 91.1 Å².